The van der Waals surface area contributed by atoms with Gasteiger partial charge < -0.3 is 10.2 Å². The third kappa shape index (κ3) is 3.63. The zero-order valence-corrected chi connectivity index (χ0v) is 10.1. The van der Waals surface area contributed by atoms with Gasteiger partial charge in [0.1, 0.15) is 0 Å². The van der Waals surface area contributed by atoms with E-state index in [0.29, 0.717) is 24.8 Å². The molecule has 0 aliphatic rings. The Morgan fingerprint density at radius 2 is 1.87 bits per heavy atom. The topological polar surface area (TPSA) is 64.9 Å². The molecular weight excluding hydrogens is 190 g/mol. The second-order valence-electron chi connectivity index (χ2n) is 5.10. The summed E-state index contributed by atoms with van der Waals surface area (Å²) in [7, 11) is 0. The van der Waals surface area contributed by atoms with Gasteiger partial charge in [-0.1, -0.05) is 27.7 Å². The van der Waals surface area contributed by atoms with Crippen LogP contribution in [-0.2, 0) is 12.8 Å². The minimum absolute atomic E-state index is 0.266. The summed E-state index contributed by atoms with van der Waals surface area (Å²) in [6.07, 6.45) is 1.50. The molecule has 2 N–H and O–H groups in total. The number of nitrogens with two attached hydrogens (primary N) is 1. The number of rotatable bonds is 4. The van der Waals surface area contributed by atoms with Gasteiger partial charge in [-0.3, -0.25) is 0 Å². The van der Waals surface area contributed by atoms with Crippen LogP contribution < -0.4 is 5.73 Å². The molecule has 1 rings (SSSR count). The van der Waals surface area contributed by atoms with Crippen LogP contribution in [-0.4, -0.2) is 16.7 Å². The minimum Gasteiger partial charge on any atom is -0.425 e. The average Bonchev–Trinajstić information content (AvgIpc) is 2.51. The van der Waals surface area contributed by atoms with Crippen molar-refractivity contribution < 1.29 is 4.42 Å². The maximum absolute atomic E-state index is 5.49. The molecule has 0 aliphatic carbocycles. The fourth-order valence-electron chi connectivity index (χ4n) is 1.16. The van der Waals surface area contributed by atoms with Gasteiger partial charge in [0.05, 0.1) is 0 Å². The predicted octanol–water partition coefficient (Wildman–Crippen LogP) is 1.80. The van der Waals surface area contributed by atoms with Crippen LogP contribution in [0.2, 0.25) is 0 Å². The van der Waals surface area contributed by atoms with E-state index >= 15 is 0 Å². The Morgan fingerprint density at radius 3 is 2.40 bits per heavy atom. The van der Waals surface area contributed by atoms with Crippen molar-refractivity contribution in [1.82, 2.24) is 10.2 Å². The summed E-state index contributed by atoms with van der Waals surface area (Å²) in [6.45, 7) is 9.40. The second-order valence-corrected chi connectivity index (χ2v) is 5.10. The zero-order chi connectivity index (χ0) is 11.5. The molecule has 0 fully saturated rings. The summed E-state index contributed by atoms with van der Waals surface area (Å²) in [5, 5.41) is 7.96. The normalized spacial score (nSPS) is 14.2. The van der Waals surface area contributed by atoms with E-state index in [1.165, 1.54) is 0 Å². The molecule has 1 atom stereocenters. The lowest BCUT2D eigenvalue weighted by atomic mass is 9.80. The first-order chi connectivity index (χ1) is 6.93. The molecule has 0 saturated carbocycles. The fourth-order valence-corrected chi connectivity index (χ4v) is 1.16. The van der Waals surface area contributed by atoms with E-state index in [1.807, 2.05) is 0 Å². The van der Waals surface area contributed by atoms with Gasteiger partial charge in [0, 0.05) is 19.4 Å². The minimum atomic E-state index is 0.266. The van der Waals surface area contributed by atoms with Crippen molar-refractivity contribution in [3.63, 3.8) is 0 Å². The molecule has 86 valence electrons. The highest BCUT2D eigenvalue weighted by Crippen LogP contribution is 2.27. The van der Waals surface area contributed by atoms with E-state index in [1.54, 1.807) is 0 Å². The van der Waals surface area contributed by atoms with Crippen molar-refractivity contribution in [2.75, 3.05) is 6.54 Å². The van der Waals surface area contributed by atoms with Gasteiger partial charge in [-0.15, -0.1) is 10.2 Å². The molecule has 0 amide bonds. The van der Waals surface area contributed by atoms with E-state index in [4.69, 9.17) is 10.2 Å². The Hall–Kier alpha value is -0.900. The van der Waals surface area contributed by atoms with Crippen LogP contribution in [0.1, 0.15) is 39.5 Å². The highest BCUT2D eigenvalue weighted by molar-refractivity contribution is 4.86. The molecule has 4 heteroatoms. The van der Waals surface area contributed by atoms with Crippen LogP contribution >= 0.6 is 0 Å². The van der Waals surface area contributed by atoms with Crippen LogP contribution in [0, 0.1) is 11.3 Å². The largest absolute Gasteiger partial charge is 0.425 e. The summed E-state index contributed by atoms with van der Waals surface area (Å²) in [4.78, 5) is 0. The second kappa shape index (κ2) is 4.75. The van der Waals surface area contributed by atoms with Crippen molar-refractivity contribution in [2.24, 2.45) is 17.1 Å². The lowest BCUT2D eigenvalue weighted by Gasteiger charge is -2.25. The number of hydrogen-bond donors (Lipinski definition) is 1. The molecule has 1 aromatic rings. The maximum Gasteiger partial charge on any atom is 0.217 e. The van der Waals surface area contributed by atoms with Crippen molar-refractivity contribution in [1.29, 1.82) is 0 Å². The van der Waals surface area contributed by atoms with Gasteiger partial charge in [0.15, 0.2) is 0 Å². The van der Waals surface area contributed by atoms with E-state index in [0.717, 1.165) is 12.3 Å². The molecule has 0 aliphatic heterocycles. The van der Waals surface area contributed by atoms with Gasteiger partial charge in [0.2, 0.25) is 11.8 Å². The van der Waals surface area contributed by atoms with Crippen molar-refractivity contribution in [3.05, 3.63) is 11.8 Å². The smallest absolute Gasteiger partial charge is 0.217 e. The molecule has 15 heavy (non-hydrogen) atoms. The Morgan fingerprint density at radius 1 is 1.27 bits per heavy atom. The van der Waals surface area contributed by atoms with Crippen LogP contribution in [0.15, 0.2) is 4.42 Å². The first-order valence-electron chi connectivity index (χ1n) is 5.45. The Balaban J connectivity index is 2.57. The fraction of sp³-hybridized carbons (Fsp3) is 0.818. The highest BCUT2D eigenvalue weighted by Gasteiger charge is 2.22. The van der Waals surface area contributed by atoms with E-state index in [2.05, 4.69) is 37.9 Å². The van der Waals surface area contributed by atoms with Gasteiger partial charge >= 0.3 is 0 Å². The maximum atomic E-state index is 5.49. The van der Waals surface area contributed by atoms with Crippen LogP contribution in [0.5, 0.6) is 0 Å². The lowest BCUT2D eigenvalue weighted by Crippen LogP contribution is -2.19. The van der Waals surface area contributed by atoms with Crippen molar-refractivity contribution >= 4 is 0 Å². The molecule has 0 bridgehead atoms. The number of nitrogens with zero attached hydrogens (tertiary/aromatic N) is 2. The standard InChI is InChI=1S/C11H21N3O/c1-8(11(2,3)4)7-10-14-13-9(15-10)5-6-12/h8H,5-7,12H2,1-4H3. The third-order valence-electron chi connectivity index (χ3n) is 2.83. The quantitative estimate of drug-likeness (QED) is 0.824. The summed E-state index contributed by atoms with van der Waals surface area (Å²) in [6, 6.07) is 0. The summed E-state index contributed by atoms with van der Waals surface area (Å²) in [5.41, 5.74) is 5.68. The molecule has 0 spiro atoms. The third-order valence-corrected chi connectivity index (χ3v) is 2.83. The summed E-state index contributed by atoms with van der Waals surface area (Å²) < 4.78 is 5.49. The predicted molar refractivity (Wildman–Crippen MR) is 59.4 cm³/mol. The Bertz CT molecular complexity index is 301. The molecule has 0 saturated heterocycles. The van der Waals surface area contributed by atoms with E-state index in [-0.39, 0.29) is 5.41 Å². The van der Waals surface area contributed by atoms with E-state index in [9.17, 15) is 0 Å². The van der Waals surface area contributed by atoms with Gasteiger partial charge in [-0.25, -0.2) is 0 Å². The van der Waals surface area contributed by atoms with Crippen LogP contribution in [0.3, 0.4) is 0 Å². The van der Waals surface area contributed by atoms with Gasteiger partial charge in [-0.05, 0) is 11.3 Å². The van der Waals surface area contributed by atoms with E-state index < -0.39 is 0 Å². The first-order valence-corrected chi connectivity index (χ1v) is 5.45. The molecule has 0 aromatic carbocycles. The zero-order valence-electron chi connectivity index (χ0n) is 10.1. The van der Waals surface area contributed by atoms with Gasteiger partial charge in [0.25, 0.3) is 0 Å². The highest BCUT2D eigenvalue weighted by atomic mass is 16.4. The molecule has 1 unspecified atom stereocenters. The van der Waals surface area contributed by atoms with Crippen LogP contribution in [0.25, 0.3) is 0 Å². The van der Waals surface area contributed by atoms with Crippen LogP contribution in [0.4, 0.5) is 0 Å². The number of hydrogen-bond acceptors (Lipinski definition) is 4. The monoisotopic (exact) mass is 211 g/mol. The molecule has 4 nitrogen and oxygen atoms in total. The van der Waals surface area contributed by atoms with Crippen molar-refractivity contribution in [2.45, 2.75) is 40.5 Å². The molecule has 1 aromatic heterocycles. The lowest BCUT2D eigenvalue weighted by molar-refractivity contribution is 0.243. The van der Waals surface area contributed by atoms with Gasteiger partial charge in [-0.2, -0.15) is 0 Å². The summed E-state index contributed by atoms with van der Waals surface area (Å²) >= 11 is 0. The average molecular weight is 211 g/mol. The SMILES string of the molecule is CC(Cc1nnc(CCN)o1)C(C)(C)C. The molecular formula is C11H21N3O. The Kier molecular flexibility index (Phi) is 3.85. The summed E-state index contributed by atoms with van der Waals surface area (Å²) in [5.74, 6) is 1.89. The molecule has 1 heterocycles. The molecule has 0 radical (unpaired) electrons. The first kappa shape index (κ1) is 12.2. The Labute approximate surface area is 91.3 Å². The van der Waals surface area contributed by atoms with Crippen molar-refractivity contribution in [3.8, 4) is 0 Å². The number of aromatic nitrogens is 2.